The molecule has 1 heterocycles. The molecule has 0 amide bonds. The molecule has 1 rings (SSSR count). The Balaban J connectivity index is 2.76. The Kier molecular flexibility index (Phi) is 2.00. The van der Waals surface area contributed by atoms with Crippen LogP contribution >= 0.6 is 0 Å². The van der Waals surface area contributed by atoms with Gasteiger partial charge in [0.1, 0.15) is 0 Å². The molecular formula is C8H11NO. The molecule has 0 saturated carbocycles. The predicted molar refractivity (Wildman–Crippen MR) is 41.0 cm³/mol. The van der Waals surface area contributed by atoms with E-state index in [2.05, 4.69) is 4.99 Å². The number of ketones is 1. The molecular weight excluding hydrogens is 126 g/mol. The van der Waals surface area contributed by atoms with Crippen molar-refractivity contribution in [1.29, 1.82) is 0 Å². The molecule has 0 aliphatic carbocycles. The summed E-state index contributed by atoms with van der Waals surface area (Å²) in [5.41, 5.74) is 0.899. The highest BCUT2D eigenvalue weighted by Crippen LogP contribution is 2.13. The molecule has 0 radical (unpaired) electrons. The molecule has 0 N–H and O–H groups in total. The fourth-order valence-electron chi connectivity index (χ4n) is 0.818. The van der Waals surface area contributed by atoms with Crippen molar-refractivity contribution in [3.05, 3.63) is 11.8 Å². The fraction of sp³-hybridized carbons (Fsp3) is 0.500. The lowest BCUT2D eigenvalue weighted by Crippen LogP contribution is -2.04. The van der Waals surface area contributed by atoms with Crippen LogP contribution in [0.15, 0.2) is 16.8 Å². The first-order valence-electron chi connectivity index (χ1n) is 3.47. The zero-order chi connectivity index (χ0) is 7.56. The van der Waals surface area contributed by atoms with E-state index in [0.29, 0.717) is 12.3 Å². The lowest BCUT2D eigenvalue weighted by molar-refractivity contribution is -0.113. The van der Waals surface area contributed by atoms with Gasteiger partial charge in [0.25, 0.3) is 0 Å². The van der Waals surface area contributed by atoms with E-state index in [-0.39, 0.29) is 5.78 Å². The SMILES string of the molecule is CC(C)C1=CC(=O)CC=N1. The number of nitrogens with zero attached hydrogens (tertiary/aromatic N) is 1. The number of carbonyl (C=O) groups is 1. The Morgan fingerprint density at radius 3 is 2.70 bits per heavy atom. The van der Waals surface area contributed by atoms with Gasteiger partial charge in [-0.3, -0.25) is 9.79 Å². The second kappa shape index (κ2) is 2.78. The highest BCUT2D eigenvalue weighted by Gasteiger charge is 2.07. The molecule has 2 heteroatoms. The molecule has 0 fully saturated rings. The van der Waals surface area contributed by atoms with Gasteiger partial charge in [0, 0.05) is 24.4 Å². The quantitative estimate of drug-likeness (QED) is 0.539. The van der Waals surface area contributed by atoms with Gasteiger partial charge in [-0.25, -0.2) is 0 Å². The highest BCUT2D eigenvalue weighted by atomic mass is 16.1. The van der Waals surface area contributed by atoms with E-state index in [0.717, 1.165) is 5.70 Å². The molecule has 1 aliphatic rings. The number of hydrogen-bond acceptors (Lipinski definition) is 2. The first-order valence-corrected chi connectivity index (χ1v) is 3.47. The Labute approximate surface area is 60.7 Å². The summed E-state index contributed by atoms with van der Waals surface area (Å²) < 4.78 is 0. The minimum absolute atomic E-state index is 0.165. The Hall–Kier alpha value is -0.920. The van der Waals surface area contributed by atoms with E-state index in [4.69, 9.17) is 0 Å². The molecule has 1 aliphatic heterocycles. The smallest absolute Gasteiger partial charge is 0.162 e. The molecule has 10 heavy (non-hydrogen) atoms. The second-order valence-electron chi connectivity index (χ2n) is 2.71. The van der Waals surface area contributed by atoms with E-state index in [1.165, 1.54) is 0 Å². The maximum absolute atomic E-state index is 10.8. The lowest BCUT2D eigenvalue weighted by Gasteiger charge is -2.07. The van der Waals surface area contributed by atoms with Gasteiger partial charge in [-0.2, -0.15) is 0 Å². The Morgan fingerprint density at radius 2 is 2.30 bits per heavy atom. The molecule has 0 aromatic carbocycles. The van der Waals surface area contributed by atoms with Crippen LogP contribution in [-0.2, 0) is 4.79 Å². The Bertz CT molecular complexity index is 201. The number of carbonyl (C=O) groups excluding carboxylic acids is 1. The molecule has 0 unspecified atom stereocenters. The number of aliphatic imine (C=N–C) groups is 1. The van der Waals surface area contributed by atoms with Gasteiger partial charge in [-0.15, -0.1) is 0 Å². The van der Waals surface area contributed by atoms with Crippen LogP contribution in [0.4, 0.5) is 0 Å². The third-order valence-corrected chi connectivity index (χ3v) is 1.43. The van der Waals surface area contributed by atoms with Crippen molar-refractivity contribution in [2.75, 3.05) is 0 Å². The summed E-state index contributed by atoms with van der Waals surface area (Å²) in [4.78, 5) is 14.9. The van der Waals surface area contributed by atoms with Gasteiger partial charge in [0.15, 0.2) is 5.78 Å². The molecule has 0 aromatic heterocycles. The summed E-state index contributed by atoms with van der Waals surface area (Å²) in [6.45, 7) is 4.06. The second-order valence-corrected chi connectivity index (χ2v) is 2.71. The maximum Gasteiger partial charge on any atom is 0.162 e. The van der Waals surface area contributed by atoms with Crippen molar-refractivity contribution in [3.63, 3.8) is 0 Å². The van der Waals surface area contributed by atoms with Crippen LogP contribution in [0.3, 0.4) is 0 Å². The summed E-state index contributed by atoms with van der Waals surface area (Å²) in [7, 11) is 0. The molecule has 54 valence electrons. The van der Waals surface area contributed by atoms with Crippen molar-refractivity contribution < 1.29 is 4.79 Å². The summed E-state index contributed by atoms with van der Waals surface area (Å²) in [6.07, 6.45) is 3.78. The highest BCUT2D eigenvalue weighted by molar-refractivity contribution is 6.01. The van der Waals surface area contributed by atoms with E-state index in [9.17, 15) is 4.79 Å². The Morgan fingerprint density at radius 1 is 1.60 bits per heavy atom. The predicted octanol–water partition coefficient (Wildman–Crippen LogP) is 1.57. The molecule has 0 bridgehead atoms. The van der Waals surface area contributed by atoms with Crippen LogP contribution < -0.4 is 0 Å². The van der Waals surface area contributed by atoms with Gasteiger partial charge in [0.2, 0.25) is 0 Å². The summed E-state index contributed by atoms with van der Waals surface area (Å²) >= 11 is 0. The van der Waals surface area contributed by atoms with E-state index < -0.39 is 0 Å². The zero-order valence-corrected chi connectivity index (χ0v) is 6.29. The van der Waals surface area contributed by atoms with Crippen LogP contribution in [0.5, 0.6) is 0 Å². The van der Waals surface area contributed by atoms with Crippen molar-refractivity contribution in [3.8, 4) is 0 Å². The summed E-state index contributed by atoms with van der Waals surface area (Å²) in [6, 6.07) is 0. The van der Waals surface area contributed by atoms with E-state index in [1.807, 2.05) is 13.8 Å². The average Bonchev–Trinajstić information content (AvgIpc) is 1.88. The standard InChI is InChI=1S/C8H11NO/c1-6(2)8-5-7(10)3-4-9-8/h4-6H,3H2,1-2H3. The minimum Gasteiger partial charge on any atom is -0.294 e. The number of rotatable bonds is 1. The first-order chi connectivity index (χ1) is 4.70. The van der Waals surface area contributed by atoms with Crippen molar-refractivity contribution in [2.45, 2.75) is 20.3 Å². The number of hydrogen-bond donors (Lipinski definition) is 0. The van der Waals surface area contributed by atoms with Gasteiger partial charge in [-0.05, 0) is 5.92 Å². The van der Waals surface area contributed by atoms with Crippen LogP contribution in [0.2, 0.25) is 0 Å². The molecule has 0 saturated heterocycles. The topological polar surface area (TPSA) is 29.4 Å². The fourth-order valence-corrected chi connectivity index (χ4v) is 0.818. The van der Waals surface area contributed by atoms with E-state index in [1.54, 1.807) is 12.3 Å². The lowest BCUT2D eigenvalue weighted by atomic mass is 10.1. The average molecular weight is 137 g/mol. The summed E-state index contributed by atoms with van der Waals surface area (Å²) in [5.74, 6) is 0.527. The molecule has 0 atom stereocenters. The summed E-state index contributed by atoms with van der Waals surface area (Å²) in [5, 5.41) is 0. The minimum atomic E-state index is 0.165. The van der Waals surface area contributed by atoms with Crippen molar-refractivity contribution in [1.82, 2.24) is 0 Å². The molecule has 2 nitrogen and oxygen atoms in total. The van der Waals surface area contributed by atoms with Crippen LogP contribution in [0.1, 0.15) is 20.3 Å². The van der Waals surface area contributed by atoms with Gasteiger partial charge in [0.05, 0.1) is 0 Å². The normalized spacial score (nSPS) is 17.9. The zero-order valence-electron chi connectivity index (χ0n) is 6.29. The van der Waals surface area contributed by atoms with Gasteiger partial charge >= 0.3 is 0 Å². The van der Waals surface area contributed by atoms with Gasteiger partial charge < -0.3 is 0 Å². The first kappa shape index (κ1) is 7.19. The largest absolute Gasteiger partial charge is 0.294 e. The molecule has 0 spiro atoms. The number of allylic oxidation sites excluding steroid dienone is 2. The monoisotopic (exact) mass is 137 g/mol. The van der Waals surface area contributed by atoms with E-state index >= 15 is 0 Å². The van der Waals surface area contributed by atoms with Gasteiger partial charge in [-0.1, -0.05) is 13.8 Å². The van der Waals surface area contributed by atoms with Crippen LogP contribution in [-0.4, -0.2) is 12.0 Å². The maximum atomic E-state index is 10.8. The van der Waals surface area contributed by atoms with Crippen LogP contribution in [0, 0.1) is 5.92 Å². The molecule has 0 aromatic rings. The van der Waals surface area contributed by atoms with Crippen LogP contribution in [0.25, 0.3) is 0 Å². The van der Waals surface area contributed by atoms with Crippen molar-refractivity contribution in [2.24, 2.45) is 10.9 Å². The van der Waals surface area contributed by atoms with Crippen molar-refractivity contribution >= 4 is 12.0 Å². The third-order valence-electron chi connectivity index (χ3n) is 1.43. The third kappa shape index (κ3) is 1.53.